The van der Waals surface area contributed by atoms with Gasteiger partial charge in [0.25, 0.3) is 0 Å². The Morgan fingerprint density at radius 1 is 0.783 bits per heavy atom. The first kappa shape index (κ1) is 20.0. The van der Waals surface area contributed by atoms with Crippen LogP contribution < -0.4 is 0 Å². The molecular formula is C11H10F11N. The number of hydrogen-bond acceptors (Lipinski definition) is 1. The van der Waals surface area contributed by atoms with Crippen molar-refractivity contribution in [3.05, 3.63) is 12.4 Å². The fourth-order valence-electron chi connectivity index (χ4n) is 2.33. The van der Waals surface area contributed by atoms with Gasteiger partial charge in [0.05, 0.1) is 11.8 Å². The summed E-state index contributed by atoms with van der Waals surface area (Å²) in [7, 11) is 0. The molecule has 0 bridgehead atoms. The molecule has 0 aromatic carbocycles. The second kappa shape index (κ2) is 5.78. The van der Waals surface area contributed by atoms with Crippen molar-refractivity contribution < 1.29 is 48.3 Å². The number of likely N-dealkylation sites (tertiary alicyclic amines) is 1. The van der Waals surface area contributed by atoms with Crippen molar-refractivity contribution >= 4 is 0 Å². The fraction of sp³-hybridized carbons (Fsp3) is 0.818. The van der Waals surface area contributed by atoms with E-state index in [1.165, 1.54) is 0 Å². The maximum Gasteiger partial charge on any atom is 0.443 e. The molecule has 0 saturated carbocycles. The number of alkyl halides is 10. The van der Waals surface area contributed by atoms with E-state index < -0.39 is 66.4 Å². The largest absolute Gasteiger partial charge is 0.443 e. The van der Waals surface area contributed by atoms with Crippen molar-refractivity contribution in [2.24, 2.45) is 11.8 Å². The Bertz CT molecular complexity index is 426. The van der Waals surface area contributed by atoms with Gasteiger partial charge in [-0.2, -0.15) is 39.5 Å². The SMILES string of the molecule is C=C(F)C(F)(N1CC(C(F)(F)F)CC(C(F)(F)F)C1)C(F)(F)F. The summed E-state index contributed by atoms with van der Waals surface area (Å²) in [6.45, 7) is -1.46. The van der Waals surface area contributed by atoms with E-state index in [2.05, 4.69) is 6.58 Å². The Morgan fingerprint density at radius 2 is 1.13 bits per heavy atom. The van der Waals surface area contributed by atoms with Crippen molar-refractivity contribution in [2.75, 3.05) is 13.1 Å². The topological polar surface area (TPSA) is 3.24 Å². The lowest BCUT2D eigenvalue weighted by Gasteiger charge is -2.45. The molecule has 1 aliphatic heterocycles. The zero-order valence-electron chi connectivity index (χ0n) is 11.1. The van der Waals surface area contributed by atoms with Gasteiger partial charge < -0.3 is 0 Å². The molecule has 1 aliphatic rings. The number of hydrogen-bond donors (Lipinski definition) is 0. The van der Waals surface area contributed by atoms with Crippen LogP contribution in [0.25, 0.3) is 0 Å². The van der Waals surface area contributed by atoms with Crippen molar-refractivity contribution in [2.45, 2.75) is 30.7 Å². The Balaban J connectivity index is 3.30. The monoisotopic (exact) mass is 365 g/mol. The van der Waals surface area contributed by atoms with E-state index in [0.717, 1.165) is 0 Å². The van der Waals surface area contributed by atoms with Gasteiger partial charge in [-0.3, -0.25) is 4.90 Å². The zero-order valence-corrected chi connectivity index (χ0v) is 11.1. The van der Waals surface area contributed by atoms with Gasteiger partial charge in [-0.15, -0.1) is 0 Å². The van der Waals surface area contributed by atoms with Gasteiger partial charge >= 0.3 is 24.3 Å². The first-order valence-electron chi connectivity index (χ1n) is 6.00. The average Bonchev–Trinajstić information content (AvgIpc) is 2.33. The standard InChI is InChI=1S/C11H10F11N/c1-5(12)8(13,11(20,21)22)23-3-6(9(14,15)16)2-7(4-23)10(17,18)19/h6-7H,1-4H2. The molecule has 0 aromatic heterocycles. The summed E-state index contributed by atoms with van der Waals surface area (Å²) in [5.41, 5.74) is 0. The van der Waals surface area contributed by atoms with Crippen LogP contribution in [0, 0.1) is 11.8 Å². The maximum absolute atomic E-state index is 14.0. The molecule has 3 unspecified atom stereocenters. The summed E-state index contributed by atoms with van der Waals surface area (Å²) >= 11 is 0. The highest BCUT2D eigenvalue weighted by molar-refractivity contribution is 5.10. The average molecular weight is 365 g/mol. The summed E-state index contributed by atoms with van der Waals surface area (Å²) in [5.74, 6) is -13.6. The third-order valence-corrected chi connectivity index (χ3v) is 3.55. The van der Waals surface area contributed by atoms with E-state index in [1.54, 1.807) is 0 Å². The molecule has 1 saturated heterocycles. The lowest BCUT2D eigenvalue weighted by atomic mass is 9.86. The molecule has 0 amide bonds. The second-order valence-corrected chi connectivity index (χ2v) is 5.14. The Morgan fingerprint density at radius 3 is 1.35 bits per heavy atom. The first-order chi connectivity index (χ1) is 10.0. The first-order valence-corrected chi connectivity index (χ1v) is 6.00. The minimum atomic E-state index is -6.09. The van der Waals surface area contributed by atoms with Gasteiger partial charge in [0, 0.05) is 13.1 Å². The smallest absolute Gasteiger partial charge is 0.257 e. The molecule has 3 atom stereocenters. The molecule has 0 aliphatic carbocycles. The summed E-state index contributed by atoms with van der Waals surface area (Å²) in [6, 6.07) is 0. The fourth-order valence-corrected chi connectivity index (χ4v) is 2.33. The third kappa shape index (κ3) is 3.89. The molecule has 136 valence electrons. The lowest BCUT2D eigenvalue weighted by molar-refractivity contribution is -0.302. The quantitative estimate of drug-likeness (QED) is 0.504. The van der Waals surface area contributed by atoms with Gasteiger partial charge in [0.2, 0.25) is 0 Å². The second-order valence-electron chi connectivity index (χ2n) is 5.14. The van der Waals surface area contributed by atoms with Gasteiger partial charge in [0.1, 0.15) is 0 Å². The molecule has 1 rings (SSSR count). The summed E-state index contributed by atoms with van der Waals surface area (Å²) < 4.78 is 141. The van der Waals surface area contributed by atoms with E-state index in [4.69, 9.17) is 0 Å². The van der Waals surface area contributed by atoms with Crippen LogP contribution in [0.15, 0.2) is 12.4 Å². The Hall–Kier alpha value is -1.07. The van der Waals surface area contributed by atoms with Crippen LogP contribution >= 0.6 is 0 Å². The summed E-state index contributed by atoms with van der Waals surface area (Å²) in [4.78, 5) is -0.838. The third-order valence-electron chi connectivity index (χ3n) is 3.55. The number of piperidine rings is 1. The van der Waals surface area contributed by atoms with E-state index in [0.29, 0.717) is 0 Å². The molecular weight excluding hydrogens is 355 g/mol. The van der Waals surface area contributed by atoms with Gasteiger partial charge in [-0.1, -0.05) is 6.58 Å². The van der Waals surface area contributed by atoms with E-state index in [1.807, 2.05) is 0 Å². The molecule has 0 aromatic rings. The van der Waals surface area contributed by atoms with Crippen LogP contribution in [0.3, 0.4) is 0 Å². The predicted octanol–water partition coefficient (Wildman–Crippen LogP) is 4.76. The van der Waals surface area contributed by atoms with E-state index >= 15 is 0 Å². The predicted molar refractivity (Wildman–Crippen MR) is 55.4 cm³/mol. The molecule has 0 spiro atoms. The van der Waals surface area contributed by atoms with Crippen molar-refractivity contribution in [3.63, 3.8) is 0 Å². The number of nitrogens with zero attached hydrogens (tertiary/aromatic N) is 1. The number of halogens is 11. The van der Waals surface area contributed by atoms with Crippen molar-refractivity contribution in [1.29, 1.82) is 0 Å². The van der Waals surface area contributed by atoms with Crippen LogP contribution in [-0.2, 0) is 0 Å². The van der Waals surface area contributed by atoms with Crippen LogP contribution in [-0.4, -0.2) is 42.3 Å². The molecule has 0 radical (unpaired) electrons. The van der Waals surface area contributed by atoms with Crippen LogP contribution in [0.2, 0.25) is 0 Å². The minimum Gasteiger partial charge on any atom is -0.257 e. The molecule has 1 heterocycles. The summed E-state index contributed by atoms with van der Waals surface area (Å²) in [6.07, 6.45) is -18.3. The van der Waals surface area contributed by atoms with Crippen LogP contribution in [0.4, 0.5) is 48.3 Å². The van der Waals surface area contributed by atoms with Crippen molar-refractivity contribution in [1.82, 2.24) is 4.90 Å². The highest BCUT2D eigenvalue weighted by atomic mass is 19.4. The summed E-state index contributed by atoms with van der Waals surface area (Å²) in [5, 5.41) is 0. The zero-order chi connectivity index (χ0) is 18.4. The normalized spacial score (nSPS) is 27.6. The Kier molecular flexibility index (Phi) is 5.02. The minimum absolute atomic E-state index is 0.838. The molecule has 23 heavy (non-hydrogen) atoms. The maximum atomic E-state index is 14.0. The molecule has 12 heteroatoms. The lowest BCUT2D eigenvalue weighted by Crippen LogP contribution is -2.62. The van der Waals surface area contributed by atoms with E-state index in [-0.39, 0.29) is 0 Å². The van der Waals surface area contributed by atoms with Gasteiger partial charge in [-0.05, 0) is 6.42 Å². The Labute approximate surface area is 122 Å². The van der Waals surface area contributed by atoms with Gasteiger partial charge in [0.15, 0.2) is 5.83 Å². The molecule has 1 nitrogen and oxygen atoms in total. The van der Waals surface area contributed by atoms with Gasteiger partial charge in [-0.25, -0.2) is 8.78 Å². The molecule has 0 N–H and O–H groups in total. The van der Waals surface area contributed by atoms with Crippen molar-refractivity contribution in [3.8, 4) is 0 Å². The van der Waals surface area contributed by atoms with Crippen LogP contribution in [0.1, 0.15) is 6.42 Å². The highest BCUT2D eigenvalue weighted by Crippen LogP contribution is 2.49. The van der Waals surface area contributed by atoms with Crippen LogP contribution in [0.5, 0.6) is 0 Å². The highest BCUT2D eigenvalue weighted by Gasteiger charge is 2.66. The van der Waals surface area contributed by atoms with E-state index in [9.17, 15) is 48.3 Å². The number of rotatable bonds is 2. The molecule has 1 fully saturated rings.